The second kappa shape index (κ2) is 7.78. The van der Waals surface area contributed by atoms with Gasteiger partial charge in [0.05, 0.1) is 6.61 Å². The lowest BCUT2D eigenvalue weighted by atomic mass is 9.95. The molecular formula is C18H34O3Si. The first-order chi connectivity index (χ1) is 10.1. The Hall–Kier alpha value is -0.613. The third kappa shape index (κ3) is 5.23. The quantitative estimate of drug-likeness (QED) is 0.394. The zero-order valence-corrected chi connectivity index (χ0v) is 16.5. The fraction of sp³-hybridized carbons (Fsp3) is 0.833. The van der Waals surface area contributed by atoms with Crippen LogP contribution in [0.5, 0.6) is 0 Å². The highest BCUT2D eigenvalue weighted by molar-refractivity contribution is 6.74. The number of carbonyl (C=O) groups excluding carboxylic acids is 1. The number of hydrogen-bond donors (Lipinski definition) is 0. The molecule has 0 amide bonds. The van der Waals surface area contributed by atoms with E-state index in [1.165, 1.54) is 5.57 Å². The summed E-state index contributed by atoms with van der Waals surface area (Å²) < 4.78 is 11.4. The van der Waals surface area contributed by atoms with Crippen molar-refractivity contribution in [3.8, 4) is 0 Å². The van der Waals surface area contributed by atoms with Crippen LogP contribution >= 0.6 is 0 Å². The number of esters is 1. The zero-order chi connectivity index (χ0) is 17.0. The number of rotatable bonds is 6. The highest BCUT2D eigenvalue weighted by Crippen LogP contribution is 2.41. The summed E-state index contributed by atoms with van der Waals surface area (Å²) in [5.74, 6) is 0.976. The maximum atomic E-state index is 11.6. The van der Waals surface area contributed by atoms with Crippen molar-refractivity contribution in [1.29, 1.82) is 0 Å². The summed E-state index contributed by atoms with van der Waals surface area (Å²) >= 11 is 0. The summed E-state index contributed by atoms with van der Waals surface area (Å²) in [6.07, 6.45) is 4.84. The Balaban J connectivity index is 2.65. The Morgan fingerprint density at radius 3 is 2.32 bits per heavy atom. The molecule has 0 radical (unpaired) electrons. The van der Waals surface area contributed by atoms with Crippen LogP contribution < -0.4 is 0 Å². The van der Waals surface area contributed by atoms with Crippen molar-refractivity contribution < 1.29 is 14.0 Å². The second-order valence-electron chi connectivity index (χ2n) is 7.96. The minimum Gasteiger partial charge on any atom is -0.463 e. The predicted octanol–water partition coefficient (Wildman–Crippen LogP) is 4.93. The Labute approximate surface area is 137 Å². The third-order valence-corrected chi connectivity index (χ3v) is 9.81. The molecule has 0 heterocycles. The molecule has 0 saturated heterocycles. The normalized spacial score (nSPS) is 24.8. The summed E-state index contributed by atoms with van der Waals surface area (Å²) in [5, 5.41) is 0.247. The number of carbonyl (C=O) groups is 1. The van der Waals surface area contributed by atoms with E-state index in [4.69, 9.17) is 9.16 Å². The number of allylic oxidation sites excluding steroid dienone is 1. The van der Waals surface area contributed by atoms with Gasteiger partial charge in [0.15, 0.2) is 8.32 Å². The summed E-state index contributed by atoms with van der Waals surface area (Å²) in [6, 6.07) is 0. The van der Waals surface area contributed by atoms with Gasteiger partial charge < -0.3 is 9.16 Å². The molecule has 1 aliphatic carbocycles. The Bertz CT molecular complexity index is 407. The van der Waals surface area contributed by atoms with E-state index in [-0.39, 0.29) is 11.0 Å². The van der Waals surface area contributed by atoms with Crippen LogP contribution in [-0.2, 0) is 14.0 Å². The van der Waals surface area contributed by atoms with Crippen molar-refractivity contribution in [2.75, 3.05) is 13.2 Å². The van der Waals surface area contributed by atoms with E-state index in [1.54, 1.807) is 6.08 Å². The number of ether oxygens (including phenoxy) is 1. The topological polar surface area (TPSA) is 35.5 Å². The lowest BCUT2D eigenvalue weighted by Crippen LogP contribution is -2.42. The zero-order valence-electron chi connectivity index (χ0n) is 15.5. The van der Waals surface area contributed by atoms with Crippen LogP contribution in [0.1, 0.15) is 53.9 Å². The Kier molecular flexibility index (Phi) is 6.87. The van der Waals surface area contributed by atoms with Crippen LogP contribution in [0.25, 0.3) is 0 Å². The van der Waals surface area contributed by atoms with Gasteiger partial charge in [-0.3, -0.25) is 0 Å². The summed E-state index contributed by atoms with van der Waals surface area (Å²) in [7, 11) is -1.69. The average Bonchev–Trinajstić information content (AvgIpc) is 2.77. The van der Waals surface area contributed by atoms with Gasteiger partial charge in [0.25, 0.3) is 0 Å². The van der Waals surface area contributed by atoms with Gasteiger partial charge >= 0.3 is 5.97 Å². The second-order valence-corrected chi connectivity index (χ2v) is 12.8. The van der Waals surface area contributed by atoms with Crippen molar-refractivity contribution in [3.05, 3.63) is 11.6 Å². The van der Waals surface area contributed by atoms with E-state index in [0.29, 0.717) is 18.4 Å². The fourth-order valence-electron chi connectivity index (χ4n) is 2.76. The molecule has 128 valence electrons. The number of hydrogen-bond acceptors (Lipinski definition) is 3. The third-order valence-electron chi connectivity index (χ3n) is 5.31. The lowest BCUT2D eigenvalue weighted by molar-refractivity contribution is -0.137. The van der Waals surface area contributed by atoms with Gasteiger partial charge in [-0.05, 0) is 49.7 Å². The van der Waals surface area contributed by atoms with Crippen molar-refractivity contribution in [3.63, 3.8) is 0 Å². The first kappa shape index (κ1) is 19.4. The van der Waals surface area contributed by atoms with Gasteiger partial charge in [-0.1, -0.05) is 39.7 Å². The van der Waals surface area contributed by atoms with E-state index in [0.717, 1.165) is 25.9 Å². The largest absolute Gasteiger partial charge is 0.463 e. The maximum Gasteiger partial charge on any atom is 0.330 e. The molecular weight excluding hydrogens is 292 g/mol. The molecule has 0 aromatic carbocycles. The molecule has 22 heavy (non-hydrogen) atoms. The van der Waals surface area contributed by atoms with E-state index in [9.17, 15) is 4.79 Å². The van der Waals surface area contributed by atoms with Crippen molar-refractivity contribution in [1.82, 2.24) is 0 Å². The van der Waals surface area contributed by atoms with Crippen LogP contribution in [-0.4, -0.2) is 27.5 Å². The maximum absolute atomic E-state index is 11.6. The SMILES string of the molecule is CCOC(=O)C=C1CC(CC)C(CO[Si](C)(C)C(C)(C)C)C1. The van der Waals surface area contributed by atoms with E-state index in [1.807, 2.05) is 6.92 Å². The predicted molar refractivity (Wildman–Crippen MR) is 94.4 cm³/mol. The fourth-order valence-corrected chi connectivity index (χ4v) is 3.83. The molecule has 0 bridgehead atoms. The molecule has 1 rings (SSSR count). The highest BCUT2D eigenvalue weighted by Gasteiger charge is 2.39. The Morgan fingerprint density at radius 1 is 1.23 bits per heavy atom. The first-order valence-electron chi connectivity index (χ1n) is 8.60. The average molecular weight is 327 g/mol. The van der Waals surface area contributed by atoms with Crippen molar-refractivity contribution in [2.24, 2.45) is 11.8 Å². The van der Waals surface area contributed by atoms with Gasteiger partial charge in [0.2, 0.25) is 0 Å². The van der Waals surface area contributed by atoms with Crippen LogP contribution in [0.4, 0.5) is 0 Å². The van der Waals surface area contributed by atoms with Gasteiger partial charge in [-0.25, -0.2) is 4.79 Å². The van der Waals surface area contributed by atoms with Crippen molar-refractivity contribution in [2.45, 2.75) is 72.0 Å². The molecule has 2 atom stereocenters. The van der Waals surface area contributed by atoms with E-state index >= 15 is 0 Å². The molecule has 4 heteroatoms. The van der Waals surface area contributed by atoms with Crippen LogP contribution in [0.15, 0.2) is 11.6 Å². The molecule has 0 N–H and O–H groups in total. The smallest absolute Gasteiger partial charge is 0.330 e. The van der Waals surface area contributed by atoms with Crippen LogP contribution in [0.3, 0.4) is 0 Å². The van der Waals surface area contributed by atoms with E-state index in [2.05, 4.69) is 40.8 Å². The molecule has 3 nitrogen and oxygen atoms in total. The molecule has 0 aromatic rings. The summed E-state index contributed by atoms with van der Waals surface area (Å²) in [5.41, 5.74) is 1.23. The van der Waals surface area contributed by atoms with Crippen LogP contribution in [0, 0.1) is 11.8 Å². The Morgan fingerprint density at radius 2 is 1.82 bits per heavy atom. The molecule has 2 unspecified atom stereocenters. The lowest BCUT2D eigenvalue weighted by Gasteiger charge is -2.37. The van der Waals surface area contributed by atoms with Crippen LogP contribution in [0.2, 0.25) is 18.1 Å². The molecule has 0 aromatic heterocycles. The summed E-state index contributed by atoms with van der Waals surface area (Å²) in [4.78, 5) is 11.6. The van der Waals surface area contributed by atoms with Gasteiger partial charge in [-0.2, -0.15) is 0 Å². The first-order valence-corrected chi connectivity index (χ1v) is 11.5. The monoisotopic (exact) mass is 326 g/mol. The van der Waals surface area contributed by atoms with Crippen molar-refractivity contribution >= 4 is 14.3 Å². The molecule has 0 aliphatic heterocycles. The van der Waals surface area contributed by atoms with Gasteiger partial charge in [-0.15, -0.1) is 0 Å². The summed E-state index contributed by atoms with van der Waals surface area (Å²) in [6.45, 7) is 16.8. The van der Waals surface area contributed by atoms with E-state index < -0.39 is 8.32 Å². The molecule has 1 saturated carbocycles. The molecule has 1 aliphatic rings. The van der Waals surface area contributed by atoms with Gasteiger partial charge in [0.1, 0.15) is 0 Å². The highest BCUT2D eigenvalue weighted by atomic mass is 28.4. The minimum absolute atomic E-state index is 0.196. The molecule has 1 fully saturated rings. The minimum atomic E-state index is -1.69. The van der Waals surface area contributed by atoms with Gasteiger partial charge in [0, 0.05) is 12.7 Å². The molecule has 0 spiro atoms. The standard InChI is InChI=1S/C18H34O3Si/c1-8-15-10-14(12-17(19)20-9-2)11-16(15)13-21-22(6,7)18(3,4)5/h12,15-16H,8-11,13H2,1-7H3.